The molecule has 1 aromatic carbocycles. The minimum absolute atomic E-state index is 0.0816. The third kappa shape index (κ3) is 5.74. The van der Waals surface area contributed by atoms with Gasteiger partial charge in [0.25, 0.3) is 5.91 Å². The highest BCUT2D eigenvalue weighted by molar-refractivity contribution is 7.08. The summed E-state index contributed by atoms with van der Waals surface area (Å²) in [7, 11) is 0. The molecule has 26 heavy (non-hydrogen) atoms. The van der Waals surface area contributed by atoms with E-state index in [0.717, 1.165) is 30.1 Å². The quantitative estimate of drug-likeness (QED) is 0.778. The van der Waals surface area contributed by atoms with Crippen molar-refractivity contribution in [3.63, 3.8) is 0 Å². The smallest absolute Gasteiger partial charge is 0.416 e. The Morgan fingerprint density at radius 3 is 2.88 bits per heavy atom. The van der Waals surface area contributed by atoms with Crippen LogP contribution in [0.15, 0.2) is 24.3 Å². The summed E-state index contributed by atoms with van der Waals surface area (Å²) in [5, 5.41) is 6.54. The van der Waals surface area contributed by atoms with E-state index >= 15 is 0 Å². The van der Waals surface area contributed by atoms with Gasteiger partial charge in [-0.15, -0.1) is 5.10 Å². The van der Waals surface area contributed by atoms with Crippen molar-refractivity contribution in [1.82, 2.24) is 14.9 Å². The topological polar surface area (TPSA) is 64.1 Å². The molecule has 1 N–H and O–H groups in total. The molecule has 0 aliphatic carbocycles. The number of hydrogen-bond acceptors (Lipinski definition) is 5. The van der Waals surface area contributed by atoms with Gasteiger partial charge in [-0.25, -0.2) is 0 Å². The normalized spacial score (nSPS) is 10.8. The fourth-order valence-corrected chi connectivity index (χ4v) is 2.61. The third-order valence-electron chi connectivity index (χ3n) is 3.18. The van der Waals surface area contributed by atoms with E-state index in [-0.39, 0.29) is 24.8 Å². The van der Waals surface area contributed by atoms with Crippen LogP contribution >= 0.6 is 11.5 Å². The lowest BCUT2D eigenvalue weighted by molar-refractivity contribution is -0.137. The van der Waals surface area contributed by atoms with Gasteiger partial charge in [0.15, 0.2) is 0 Å². The van der Waals surface area contributed by atoms with Gasteiger partial charge in [-0.3, -0.25) is 4.79 Å². The monoisotopic (exact) mass is 383 g/mol. The second-order valence-electron chi connectivity index (χ2n) is 5.15. The minimum atomic E-state index is -4.42. The van der Waals surface area contributed by atoms with Crippen molar-refractivity contribution in [3.05, 3.63) is 40.4 Å². The number of hydrogen-bond donors (Lipinski definition) is 1. The van der Waals surface area contributed by atoms with Crippen molar-refractivity contribution in [2.75, 3.05) is 13.2 Å². The van der Waals surface area contributed by atoms with E-state index in [4.69, 9.17) is 4.74 Å². The number of aromatic nitrogens is 2. The van der Waals surface area contributed by atoms with Crippen LogP contribution in [-0.4, -0.2) is 28.6 Å². The van der Waals surface area contributed by atoms with Crippen LogP contribution in [0.1, 0.15) is 34.3 Å². The molecule has 0 aliphatic heterocycles. The Labute approximate surface area is 152 Å². The molecule has 0 saturated carbocycles. The predicted octanol–water partition coefficient (Wildman–Crippen LogP) is 3.32. The molecule has 0 saturated heterocycles. The molecule has 2 aromatic rings. The summed E-state index contributed by atoms with van der Waals surface area (Å²) in [5.41, 5.74) is -0.118. The second-order valence-corrected chi connectivity index (χ2v) is 5.90. The molecule has 138 valence electrons. The van der Waals surface area contributed by atoms with Crippen LogP contribution in [-0.2, 0) is 12.6 Å². The van der Waals surface area contributed by atoms with E-state index in [9.17, 15) is 18.0 Å². The standard InChI is InChI=1S/C17H16F3N3O2S/c1-2-6-14-15(26-23-22-14)16(24)21-9-3-4-10-25-13-8-5-7-12(11-13)17(18,19)20/h5,7-8,11H,2,6,9-10H2,1H3,(H,21,24). The Morgan fingerprint density at radius 1 is 1.35 bits per heavy atom. The minimum Gasteiger partial charge on any atom is -0.481 e. The van der Waals surface area contributed by atoms with Crippen LogP contribution < -0.4 is 10.1 Å². The second kappa shape index (κ2) is 9.20. The Morgan fingerprint density at radius 2 is 2.15 bits per heavy atom. The van der Waals surface area contributed by atoms with Crippen molar-refractivity contribution in [2.24, 2.45) is 0 Å². The van der Waals surface area contributed by atoms with Gasteiger partial charge < -0.3 is 10.1 Å². The molecular weight excluding hydrogens is 367 g/mol. The molecule has 0 atom stereocenters. The molecule has 0 aliphatic rings. The third-order valence-corrected chi connectivity index (χ3v) is 3.95. The average Bonchev–Trinajstić information content (AvgIpc) is 3.06. The highest BCUT2D eigenvalue weighted by Gasteiger charge is 2.30. The lowest BCUT2D eigenvalue weighted by Crippen LogP contribution is -2.23. The highest BCUT2D eigenvalue weighted by Crippen LogP contribution is 2.31. The largest absolute Gasteiger partial charge is 0.481 e. The van der Waals surface area contributed by atoms with Gasteiger partial charge in [0.05, 0.1) is 17.8 Å². The summed E-state index contributed by atoms with van der Waals surface area (Å²) in [6, 6.07) is 4.57. The van der Waals surface area contributed by atoms with Crippen molar-refractivity contribution in [1.29, 1.82) is 0 Å². The first-order chi connectivity index (χ1) is 12.4. The molecule has 5 nitrogen and oxygen atoms in total. The van der Waals surface area contributed by atoms with E-state index in [1.54, 1.807) is 0 Å². The zero-order valence-electron chi connectivity index (χ0n) is 13.9. The fourth-order valence-electron chi connectivity index (χ4n) is 1.98. The zero-order valence-corrected chi connectivity index (χ0v) is 14.7. The van der Waals surface area contributed by atoms with E-state index in [1.165, 1.54) is 12.1 Å². The molecule has 9 heteroatoms. The van der Waals surface area contributed by atoms with Crippen molar-refractivity contribution in [2.45, 2.75) is 25.9 Å². The number of alkyl halides is 3. The summed E-state index contributed by atoms with van der Waals surface area (Å²) in [6.45, 7) is 1.99. The first kappa shape index (κ1) is 19.7. The number of nitrogens with zero attached hydrogens (tertiary/aromatic N) is 2. The maximum atomic E-state index is 12.6. The average molecular weight is 383 g/mol. The van der Waals surface area contributed by atoms with Gasteiger partial charge in [0, 0.05) is 0 Å². The Hall–Kier alpha value is -2.60. The Balaban J connectivity index is 1.79. The molecule has 2 rings (SSSR count). The number of rotatable bonds is 6. The van der Waals surface area contributed by atoms with Gasteiger partial charge in [0.1, 0.15) is 17.2 Å². The highest BCUT2D eigenvalue weighted by atomic mass is 32.1. The molecule has 0 bridgehead atoms. The molecule has 0 unspecified atom stereocenters. The fraction of sp³-hybridized carbons (Fsp3) is 0.353. The Bertz CT molecular complexity index is 809. The summed E-state index contributed by atoms with van der Waals surface area (Å²) >= 11 is 1.03. The van der Waals surface area contributed by atoms with Crippen molar-refractivity contribution >= 4 is 17.4 Å². The summed E-state index contributed by atoms with van der Waals surface area (Å²) in [5.74, 6) is 5.10. The first-order valence-electron chi connectivity index (χ1n) is 7.77. The molecule has 0 fully saturated rings. The van der Waals surface area contributed by atoms with Crippen LogP contribution in [0.4, 0.5) is 13.2 Å². The van der Waals surface area contributed by atoms with Gasteiger partial charge in [0.2, 0.25) is 0 Å². The van der Waals surface area contributed by atoms with E-state index in [1.807, 2.05) is 6.92 Å². The van der Waals surface area contributed by atoms with Crippen molar-refractivity contribution in [3.8, 4) is 17.6 Å². The van der Waals surface area contributed by atoms with E-state index in [2.05, 4.69) is 26.7 Å². The SMILES string of the molecule is CCCc1nnsc1C(=O)NCC#CCOc1cccc(C(F)(F)F)c1. The Kier molecular flexibility index (Phi) is 6.97. The van der Waals surface area contributed by atoms with Crippen LogP contribution in [0.25, 0.3) is 0 Å². The summed E-state index contributed by atoms with van der Waals surface area (Å²) in [4.78, 5) is 12.5. The molecule has 1 heterocycles. The van der Waals surface area contributed by atoms with E-state index < -0.39 is 11.7 Å². The number of carbonyl (C=O) groups excluding carboxylic acids is 1. The van der Waals surface area contributed by atoms with Crippen LogP contribution in [0.5, 0.6) is 5.75 Å². The first-order valence-corrected chi connectivity index (χ1v) is 8.54. The maximum absolute atomic E-state index is 12.6. The summed E-state index contributed by atoms with van der Waals surface area (Å²) < 4.78 is 46.7. The predicted molar refractivity (Wildman–Crippen MR) is 91.0 cm³/mol. The van der Waals surface area contributed by atoms with Gasteiger partial charge in [-0.1, -0.05) is 35.7 Å². The van der Waals surface area contributed by atoms with E-state index in [0.29, 0.717) is 17.0 Å². The maximum Gasteiger partial charge on any atom is 0.416 e. The van der Waals surface area contributed by atoms with Crippen LogP contribution in [0.2, 0.25) is 0 Å². The molecule has 1 amide bonds. The number of halogens is 3. The van der Waals surface area contributed by atoms with Crippen molar-refractivity contribution < 1.29 is 22.7 Å². The number of nitrogens with one attached hydrogen (secondary N) is 1. The lowest BCUT2D eigenvalue weighted by atomic mass is 10.2. The van der Waals surface area contributed by atoms with Gasteiger partial charge in [-0.05, 0) is 36.2 Å². The number of aryl methyl sites for hydroxylation is 1. The van der Waals surface area contributed by atoms with Crippen LogP contribution in [0, 0.1) is 11.8 Å². The number of benzene rings is 1. The molecule has 0 spiro atoms. The summed E-state index contributed by atoms with van der Waals surface area (Å²) in [6.07, 6.45) is -2.88. The molecule has 1 aromatic heterocycles. The van der Waals surface area contributed by atoms with Gasteiger partial charge in [-0.2, -0.15) is 13.2 Å². The number of ether oxygens (including phenoxy) is 1. The number of carbonyl (C=O) groups is 1. The van der Waals surface area contributed by atoms with Crippen LogP contribution in [0.3, 0.4) is 0 Å². The lowest BCUT2D eigenvalue weighted by Gasteiger charge is -2.08. The number of amides is 1. The molecule has 0 radical (unpaired) electrons. The molecular formula is C17H16F3N3O2S. The zero-order chi connectivity index (χ0) is 19.0. The van der Waals surface area contributed by atoms with Gasteiger partial charge >= 0.3 is 6.18 Å².